The molecule has 0 atom stereocenters. The van der Waals surface area contributed by atoms with Gasteiger partial charge in [-0.1, -0.05) is 0 Å². The van der Waals surface area contributed by atoms with Crippen molar-refractivity contribution < 1.29 is 40.0 Å². The SMILES string of the molecule is [C-]1=CC=CC1.[CH3-].[F-].[F-].[F-].[Hf]. The van der Waals surface area contributed by atoms with E-state index in [1.165, 1.54) is 0 Å². The van der Waals surface area contributed by atoms with Gasteiger partial charge in [-0.3, -0.25) is 6.08 Å². The van der Waals surface area contributed by atoms with Crippen molar-refractivity contribution >= 4 is 0 Å². The average molecular weight is 316 g/mol. The Morgan fingerprint density at radius 2 is 1.60 bits per heavy atom. The van der Waals surface area contributed by atoms with Crippen LogP contribution in [0.4, 0.5) is 0 Å². The van der Waals surface area contributed by atoms with Gasteiger partial charge in [0, 0.05) is 25.8 Å². The second-order valence-corrected chi connectivity index (χ2v) is 1.00. The maximum Gasteiger partial charge on any atom is 0 e. The third-order valence-electron chi connectivity index (χ3n) is 0.586. The summed E-state index contributed by atoms with van der Waals surface area (Å²) in [5, 5.41) is 0. The molecule has 0 aliphatic heterocycles. The Morgan fingerprint density at radius 3 is 1.70 bits per heavy atom. The topological polar surface area (TPSA) is 0 Å². The van der Waals surface area contributed by atoms with Crippen LogP contribution in [0.2, 0.25) is 0 Å². The first-order valence-electron chi connectivity index (χ1n) is 1.72. The molecule has 1 aliphatic rings. The molecule has 4 heteroatoms. The third kappa shape index (κ3) is 15.7. The van der Waals surface area contributed by atoms with E-state index in [1.54, 1.807) is 0 Å². The fourth-order valence-corrected chi connectivity index (χ4v) is 0.340. The van der Waals surface area contributed by atoms with Crippen LogP contribution in [0.15, 0.2) is 18.2 Å². The maximum atomic E-state index is 2.99. The van der Waals surface area contributed by atoms with Crippen LogP contribution in [0.1, 0.15) is 6.42 Å². The summed E-state index contributed by atoms with van der Waals surface area (Å²) in [4.78, 5) is 0. The van der Waals surface area contributed by atoms with E-state index >= 15 is 0 Å². The van der Waals surface area contributed by atoms with Crippen molar-refractivity contribution in [3.63, 3.8) is 0 Å². The number of hydrogen-bond donors (Lipinski definition) is 0. The molecule has 0 N–H and O–H groups in total. The molecule has 10 heavy (non-hydrogen) atoms. The number of allylic oxidation sites excluding steroid dienone is 4. The summed E-state index contributed by atoms with van der Waals surface area (Å²) < 4.78 is 0. The largest absolute Gasteiger partial charge is 1.00 e. The minimum atomic E-state index is 0. The summed E-state index contributed by atoms with van der Waals surface area (Å²) in [6.45, 7) is 0. The molecule has 0 aromatic carbocycles. The van der Waals surface area contributed by atoms with Gasteiger partial charge in [0.1, 0.15) is 0 Å². The van der Waals surface area contributed by atoms with Gasteiger partial charge in [-0.05, 0) is 0 Å². The summed E-state index contributed by atoms with van der Waals surface area (Å²) >= 11 is 0. The Bertz CT molecular complexity index is 71.1. The molecule has 0 saturated carbocycles. The van der Waals surface area contributed by atoms with E-state index in [-0.39, 0.29) is 47.4 Å². The molecule has 62 valence electrons. The molecular formula is C6H8F3Hf-5. The molecule has 0 saturated heterocycles. The van der Waals surface area contributed by atoms with E-state index in [4.69, 9.17) is 0 Å². The van der Waals surface area contributed by atoms with E-state index < -0.39 is 0 Å². The van der Waals surface area contributed by atoms with Gasteiger partial charge >= 0.3 is 0 Å². The van der Waals surface area contributed by atoms with Crippen molar-refractivity contribution in [1.82, 2.24) is 0 Å². The number of halogens is 3. The van der Waals surface area contributed by atoms with Gasteiger partial charge in [0.15, 0.2) is 0 Å². The van der Waals surface area contributed by atoms with Crippen LogP contribution in [0.25, 0.3) is 0 Å². The summed E-state index contributed by atoms with van der Waals surface area (Å²) in [5.74, 6) is 0. The Balaban J connectivity index is -0.0000000167. The van der Waals surface area contributed by atoms with Gasteiger partial charge in [0.2, 0.25) is 0 Å². The van der Waals surface area contributed by atoms with E-state index in [0.717, 1.165) is 6.42 Å². The van der Waals surface area contributed by atoms with Crippen LogP contribution < -0.4 is 14.1 Å². The molecular weight excluding hydrogens is 308 g/mol. The zero-order valence-electron chi connectivity index (χ0n) is 5.57. The molecule has 0 aromatic rings. The van der Waals surface area contributed by atoms with E-state index in [2.05, 4.69) is 12.2 Å². The fraction of sp³-hybridized carbons (Fsp3) is 0.167. The predicted molar refractivity (Wildman–Crippen MR) is 28.0 cm³/mol. The second-order valence-electron chi connectivity index (χ2n) is 1.00. The molecule has 0 fully saturated rings. The van der Waals surface area contributed by atoms with Crippen LogP contribution >= 0.6 is 0 Å². The zero-order chi connectivity index (χ0) is 3.54. The van der Waals surface area contributed by atoms with E-state index in [9.17, 15) is 0 Å². The van der Waals surface area contributed by atoms with Crippen molar-refractivity contribution in [3.8, 4) is 0 Å². The standard InChI is InChI=1S/C5H5.CH3.3FH.Hf/c1-2-4-5-3-1;;;;;/h1-3H,4H2;1H3;3*1H;/q2*-1;;;;/p-3. The van der Waals surface area contributed by atoms with Crippen LogP contribution in [-0.4, -0.2) is 0 Å². The molecule has 0 radical (unpaired) electrons. The van der Waals surface area contributed by atoms with Gasteiger partial charge in [-0.2, -0.15) is 6.08 Å². The Hall–Kier alpha value is 0.140. The molecule has 0 bridgehead atoms. The van der Waals surface area contributed by atoms with Crippen molar-refractivity contribution in [2.75, 3.05) is 0 Å². The minimum absolute atomic E-state index is 0. The molecule has 0 spiro atoms. The smallest absolute Gasteiger partial charge is 0 e. The molecule has 1 rings (SSSR count). The molecule has 0 amide bonds. The second kappa shape index (κ2) is 22.9. The van der Waals surface area contributed by atoms with Crippen molar-refractivity contribution in [3.05, 3.63) is 31.7 Å². The van der Waals surface area contributed by atoms with Gasteiger partial charge < -0.3 is 21.5 Å². The van der Waals surface area contributed by atoms with E-state index in [1.807, 2.05) is 12.2 Å². The molecule has 1 aliphatic carbocycles. The van der Waals surface area contributed by atoms with Gasteiger partial charge in [0.25, 0.3) is 0 Å². The van der Waals surface area contributed by atoms with Crippen molar-refractivity contribution in [2.24, 2.45) is 0 Å². The summed E-state index contributed by atoms with van der Waals surface area (Å²) in [6, 6.07) is 0. The van der Waals surface area contributed by atoms with Crippen LogP contribution in [0, 0.1) is 13.5 Å². The number of rotatable bonds is 0. The van der Waals surface area contributed by atoms with Gasteiger partial charge in [0.05, 0.1) is 0 Å². The first-order chi connectivity index (χ1) is 2.50. The van der Waals surface area contributed by atoms with Crippen LogP contribution in [0.5, 0.6) is 0 Å². The monoisotopic (exact) mass is 317 g/mol. The van der Waals surface area contributed by atoms with Crippen molar-refractivity contribution in [2.45, 2.75) is 6.42 Å². The molecule has 0 unspecified atom stereocenters. The van der Waals surface area contributed by atoms with Crippen molar-refractivity contribution in [1.29, 1.82) is 0 Å². The predicted octanol–water partition coefficient (Wildman–Crippen LogP) is -7.23. The Morgan fingerprint density at radius 1 is 1.10 bits per heavy atom. The number of hydrogen-bond acceptors (Lipinski definition) is 0. The van der Waals surface area contributed by atoms with Crippen LogP contribution in [-0.2, 0) is 25.8 Å². The normalized spacial score (nSPS) is 8.80. The first kappa shape index (κ1) is 32.1. The molecule has 0 aromatic heterocycles. The Kier molecular flexibility index (Phi) is 73.5. The third-order valence-corrected chi connectivity index (χ3v) is 0.586. The Labute approximate surface area is 78.3 Å². The summed E-state index contributed by atoms with van der Waals surface area (Å²) in [7, 11) is 0. The quantitative estimate of drug-likeness (QED) is 0.308. The van der Waals surface area contributed by atoms with Gasteiger partial charge in [-0.15, -0.1) is 6.42 Å². The zero-order valence-corrected chi connectivity index (χ0v) is 9.17. The first-order valence-corrected chi connectivity index (χ1v) is 1.72. The van der Waals surface area contributed by atoms with Crippen LogP contribution in [0.3, 0.4) is 0 Å². The van der Waals surface area contributed by atoms with E-state index in [0.29, 0.717) is 0 Å². The molecule has 0 heterocycles. The maximum absolute atomic E-state index is 2.99. The summed E-state index contributed by atoms with van der Waals surface area (Å²) in [6.07, 6.45) is 10.0. The average Bonchev–Trinajstić information content (AvgIpc) is 1.76. The summed E-state index contributed by atoms with van der Waals surface area (Å²) in [5.41, 5.74) is 0. The minimum Gasteiger partial charge on any atom is -1.00 e. The van der Waals surface area contributed by atoms with Gasteiger partial charge in [-0.25, -0.2) is 12.2 Å². The molecule has 0 nitrogen and oxygen atoms in total. The fourth-order valence-electron chi connectivity index (χ4n) is 0.340.